The average molecular weight is 795 g/mol. The molecule has 3 heteroatoms. The van der Waals surface area contributed by atoms with Crippen molar-refractivity contribution in [1.29, 1.82) is 0 Å². The molecule has 1 aliphatic rings. The lowest BCUT2D eigenvalue weighted by Gasteiger charge is -2.35. The van der Waals surface area contributed by atoms with Gasteiger partial charge in [0.25, 0.3) is 0 Å². The van der Waals surface area contributed by atoms with Crippen molar-refractivity contribution >= 4 is 10.8 Å². The highest BCUT2D eigenvalue weighted by atomic mass is 16.5. The van der Waals surface area contributed by atoms with E-state index in [0.29, 0.717) is 5.82 Å². The maximum atomic E-state index is 6.62. The van der Waals surface area contributed by atoms with E-state index >= 15 is 0 Å². The molecular weight excluding hydrogens is 753 g/mol. The minimum atomic E-state index is -0.420. The van der Waals surface area contributed by atoms with Crippen molar-refractivity contribution in [3.63, 3.8) is 0 Å². The quantitative estimate of drug-likeness (QED) is 0.161. The van der Waals surface area contributed by atoms with Gasteiger partial charge in [0, 0.05) is 27.8 Å². The Labute approximate surface area is 362 Å². The summed E-state index contributed by atoms with van der Waals surface area (Å²) >= 11 is 0. The second kappa shape index (κ2) is 15.3. The van der Waals surface area contributed by atoms with Crippen molar-refractivity contribution in [3.8, 4) is 95.3 Å². The van der Waals surface area contributed by atoms with Gasteiger partial charge in [-0.05, 0) is 99.0 Å². The zero-order valence-corrected chi connectivity index (χ0v) is 34.6. The van der Waals surface area contributed by atoms with Gasteiger partial charge in [-0.25, -0.2) is 9.97 Å². The third-order valence-electron chi connectivity index (χ3n) is 12.2. The Morgan fingerprint density at radius 3 is 1.55 bits per heavy atom. The molecular formula is C59H42N2O. The van der Waals surface area contributed by atoms with Crippen LogP contribution >= 0.6 is 0 Å². The normalized spacial score (nSPS) is 12.6. The Balaban J connectivity index is 0.963. The first-order valence-corrected chi connectivity index (χ1v) is 21.2. The van der Waals surface area contributed by atoms with Gasteiger partial charge in [0.05, 0.1) is 11.4 Å². The molecule has 0 bridgehead atoms. The minimum Gasteiger partial charge on any atom is -0.482 e. The summed E-state index contributed by atoms with van der Waals surface area (Å²) in [4.78, 5) is 10.5. The molecule has 62 heavy (non-hydrogen) atoms. The molecule has 1 aromatic heterocycles. The third kappa shape index (κ3) is 6.94. The van der Waals surface area contributed by atoms with Crippen LogP contribution in [0.25, 0.3) is 100 Å². The monoisotopic (exact) mass is 794 g/mol. The second-order valence-corrected chi connectivity index (χ2v) is 16.5. The number of hydrogen-bond acceptors (Lipinski definition) is 3. The standard InChI is InChI=1S/C59H42N2O/c1-59(2)54-24-9-8-22-52(54)53-34-33-48(37-57(53)62-59)46-18-10-17-45(35-46)47-19-11-20-49(36-47)58-60-55(43-29-25-40(26-30-43)39-13-4-3-5-14-39)38-56(61-58)44-31-27-42(28-32-44)51-23-12-16-41-15-6-7-21-50(41)51/h3-38H,1-2H3. The predicted molar refractivity (Wildman–Crippen MR) is 257 cm³/mol. The molecule has 10 aromatic rings. The average Bonchev–Trinajstić information content (AvgIpc) is 3.34. The van der Waals surface area contributed by atoms with Crippen molar-refractivity contribution in [2.24, 2.45) is 0 Å². The van der Waals surface area contributed by atoms with E-state index in [1.807, 2.05) is 6.07 Å². The van der Waals surface area contributed by atoms with E-state index in [1.165, 1.54) is 44.2 Å². The molecule has 0 saturated carbocycles. The molecule has 0 aliphatic carbocycles. The molecule has 1 aliphatic heterocycles. The van der Waals surface area contributed by atoms with Crippen molar-refractivity contribution in [1.82, 2.24) is 9.97 Å². The molecule has 11 rings (SSSR count). The van der Waals surface area contributed by atoms with E-state index in [-0.39, 0.29) is 0 Å². The van der Waals surface area contributed by atoms with Gasteiger partial charge in [-0.3, -0.25) is 0 Å². The summed E-state index contributed by atoms with van der Waals surface area (Å²) < 4.78 is 6.62. The topological polar surface area (TPSA) is 35.0 Å². The van der Waals surface area contributed by atoms with Gasteiger partial charge in [-0.1, -0.05) is 194 Å². The molecule has 0 atom stereocenters. The number of rotatable bonds is 7. The van der Waals surface area contributed by atoms with Crippen LogP contribution in [0.1, 0.15) is 19.4 Å². The van der Waals surface area contributed by atoms with E-state index < -0.39 is 5.60 Å². The van der Waals surface area contributed by atoms with E-state index in [4.69, 9.17) is 14.7 Å². The lowest BCUT2D eigenvalue weighted by Crippen LogP contribution is -2.29. The third-order valence-corrected chi connectivity index (χ3v) is 12.2. The highest BCUT2D eigenvalue weighted by Gasteiger charge is 2.32. The van der Waals surface area contributed by atoms with Crippen molar-refractivity contribution in [3.05, 3.63) is 224 Å². The fourth-order valence-corrected chi connectivity index (χ4v) is 8.93. The second-order valence-electron chi connectivity index (χ2n) is 16.5. The maximum Gasteiger partial charge on any atom is 0.160 e. The van der Waals surface area contributed by atoms with Gasteiger partial charge in [0.15, 0.2) is 5.82 Å². The Morgan fingerprint density at radius 2 is 0.823 bits per heavy atom. The van der Waals surface area contributed by atoms with Crippen molar-refractivity contribution in [2.45, 2.75) is 19.4 Å². The Morgan fingerprint density at radius 1 is 0.339 bits per heavy atom. The zero-order valence-electron chi connectivity index (χ0n) is 34.6. The van der Waals surface area contributed by atoms with E-state index in [9.17, 15) is 0 Å². The fourth-order valence-electron chi connectivity index (χ4n) is 8.93. The summed E-state index contributed by atoms with van der Waals surface area (Å²) in [7, 11) is 0. The lowest BCUT2D eigenvalue weighted by atomic mass is 9.85. The summed E-state index contributed by atoms with van der Waals surface area (Å²) in [6.45, 7) is 4.28. The van der Waals surface area contributed by atoms with Crippen molar-refractivity contribution < 1.29 is 4.74 Å². The van der Waals surface area contributed by atoms with Crippen LogP contribution in [0.2, 0.25) is 0 Å². The highest BCUT2D eigenvalue weighted by Crippen LogP contribution is 2.46. The smallest absolute Gasteiger partial charge is 0.160 e. The zero-order chi connectivity index (χ0) is 41.6. The largest absolute Gasteiger partial charge is 0.482 e. The number of ether oxygens (including phenoxy) is 1. The van der Waals surface area contributed by atoms with Crippen LogP contribution in [0, 0.1) is 0 Å². The molecule has 0 N–H and O–H groups in total. The van der Waals surface area contributed by atoms with Crippen LogP contribution in [-0.4, -0.2) is 9.97 Å². The van der Waals surface area contributed by atoms with Crippen LogP contribution in [0.5, 0.6) is 5.75 Å². The maximum absolute atomic E-state index is 6.62. The van der Waals surface area contributed by atoms with E-state index in [2.05, 4.69) is 226 Å². The van der Waals surface area contributed by atoms with Gasteiger partial charge < -0.3 is 4.74 Å². The molecule has 0 unspecified atom stereocenters. The summed E-state index contributed by atoms with van der Waals surface area (Å²) in [5, 5.41) is 2.47. The van der Waals surface area contributed by atoms with Crippen LogP contribution in [0.4, 0.5) is 0 Å². The van der Waals surface area contributed by atoms with Crippen LogP contribution in [-0.2, 0) is 5.60 Å². The molecule has 294 valence electrons. The number of nitrogens with zero attached hydrogens (tertiary/aromatic N) is 2. The molecule has 0 fully saturated rings. The minimum absolute atomic E-state index is 0.420. The molecule has 0 amide bonds. The van der Waals surface area contributed by atoms with E-state index in [0.717, 1.165) is 61.6 Å². The van der Waals surface area contributed by atoms with Crippen LogP contribution < -0.4 is 4.74 Å². The van der Waals surface area contributed by atoms with Gasteiger partial charge >= 0.3 is 0 Å². The molecule has 9 aromatic carbocycles. The predicted octanol–water partition coefficient (Wildman–Crippen LogP) is 15.6. The molecule has 2 heterocycles. The first-order valence-electron chi connectivity index (χ1n) is 21.2. The summed E-state index contributed by atoms with van der Waals surface area (Å²) in [6, 6.07) is 77.5. The highest BCUT2D eigenvalue weighted by molar-refractivity contribution is 5.97. The van der Waals surface area contributed by atoms with Gasteiger partial charge in [0.1, 0.15) is 11.4 Å². The van der Waals surface area contributed by atoms with Crippen LogP contribution in [0.15, 0.2) is 218 Å². The van der Waals surface area contributed by atoms with Gasteiger partial charge in [0.2, 0.25) is 0 Å². The van der Waals surface area contributed by atoms with Crippen LogP contribution in [0.3, 0.4) is 0 Å². The SMILES string of the molecule is CC1(C)Oc2cc(-c3cccc(-c4cccc(-c5nc(-c6ccc(-c7ccccc7)cc6)cc(-c6ccc(-c7cccc8ccccc78)cc6)n5)c4)c3)ccc2-c2ccccc21. The van der Waals surface area contributed by atoms with E-state index in [1.54, 1.807) is 0 Å². The molecule has 0 radical (unpaired) electrons. The first-order chi connectivity index (χ1) is 30.4. The number of fused-ring (bicyclic) bond motifs is 4. The summed E-state index contributed by atoms with van der Waals surface area (Å²) in [5.74, 6) is 1.58. The first kappa shape index (κ1) is 37.1. The van der Waals surface area contributed by atoms with Gasteiger partial charge in [-0.15, -0.1) is 0 Å². The number of benzene rings is 9. The van der Waals surface area contributed by atoms with Crippen molar-refractivity contribution in [2.75, 3.05) is 0 Å². The fraction of sp³-hybridized carbons (Fsp3) is 0.0508. The summed E-state index contributed by atoms with van der Waals surface area (Å²) in [6.07, 6.45) is 0. The number of hydrogen-bond donors (Lipinski definition) is 0. The Kier molecular flexibility index (Phi) is 9.17. The number of aromatic nitrogens is 2. The Hall–Kier alpha value is -7.88. The van der Waals surface area contributed by atoms with Gasteiger partial charge in [-0.2, -0.15) is 0 Å². The summed E-state index contributed by atoms with van der Waals surface area (Å²) in [5.41, 5.74) is 17.1. The molecule has 3 nitrogen and oxygen atoms in total. The lowest BCUT2D eigenvalue weighted by molar-refractivity contribution is 0.106. The Bertz CT molecular complexity index is 3270. The molecule has 0 spiro atoms. The molecule has 0 saturated heterocycles.